The third-order valence-electron chi connectivity index (χ3n) is 3.90. The first-order valence-corrected chi connectivity index (χ1v) is 7.68. The Hall–Kier alpha value is -1.82. The molecular weight excluding hydrogens is 285 g/mol. The number of amides is 2. The molecule has 1 aromatic rings. The minimum atomic E-state index is -0.246. The number of halogens is 1. The Morgan fingerprint density at radius 1 is 1.45 bits per heavy atom. The number of benzene rings is 1. The Kier molecular flexibility index (Phi) is 6.00. The molecule has 22 heavy (non-hydrogen) atoms. The standard InChI is InChI=1S/C16H24FN3O2/c1-3-18-16(21)19-9-12-6-7-20(10-12)11-13-8-14(17)4-5-15(13)22-2/h4-5,8,12H,3,6-7,9-11H2,1-2H3,(H2,18,19,21)/t12-/m1/s1. The van der Waals surface area contributed by atoms with Gasteiger partial charge in [-0.1, -0.05) is 0 Å². The van der Waals surface area contributed by atoms with Gasteiger partial charge in [0, 0.05) is 31.7 Å². The zero-order valence-electron chi connectivity index (χ0n) is 13.2. The summed E-state index contributed by atoms with van der Waals surface area (Å²) >= 11 is 0. The van der Waals surface area contributed by atoms with Crippen LogP contribution in [0.25, 0.3) is 0 Å². The van der Waals surface area contributed by atoms with E-state index in [0.717, 1.165) is 25.1 Å². The Morgan fingerprint density at radius 2 is 2.27 bits per heavy atom. The Bertz CT molecular complexity index is 510. The molecule has 2 N–H and O–H groups in total. The summed E-state index contributed by atoms with van der Waals surface area (Å²) in [4.78, 5) is 13.7. The van der Waals surface area contributed by atoms with Gasteiger partial charge in [-0.15, -0.1) is 0 Å². The van der Waals surface area contributed by atoms with Gasteiger partial charge in [0.2, 0.25) is 0 Å². The van der Waals surface area contributed by atoms with Crippen LogP contribution in [0.15, 0.2) is 18.2 Å². The molecule has 1 aromatic carbocycles. The average Bonchev–Trinajstić information content (AvgIpc) is 2.93. The summed E-state index contributed by atoms with van der Waals surface area (Å²) in [6.45, 7) is 5.69. The minimum absolute atomic E-state index is 0.118. The third kappa shape index (κ3) is 4.59. The number of carbonyl (C=O) groups is 1. The lowest BCUT2D eigenvalue weighted by Gasteiger charge is -2.18. The van der Waals surface area contributed by atoms with E-state index in [1.165, 1.54) is 12.1 Å². The largest absolute Gasteiger partial charge is 0.496 e. The van der Waals surface area contributed by atoms with E-state index in [1.54, 1.807) is 13.2 Å². The van der Waals surface area contributed by atoms with Crippen molar-refractivity contribution in [2.75, 3.05) is 33.3 Å². The van der Waals surface area contributed by atoms with Crippen LogP contribution in [0.1, 0.15) is 18.9 Å². The number of carbonyl (C=O) groups excluding carboxylic acids is 1. The van der Waals surface area contributed by atoms with Crippen LogP contribution in [0.4, 0.5) is 9.18 Å². The molecule has 1 heterocycles. The van der Waals surface area contributed by atoms with Gasteiger partial charge >= 0.3 is 6.03 Å². The molecule has 1 fully saturated rings. The fourth-order valence-corrected chi connectivity index (χ4v) is 2.79. The second-order valence-electron chi connectivity index (χ2n) is 5.59. The van der Waals surface area contributed by atoms with Crippen molar-refractivity contribution in [1.29, 1.82) is 0 Å². The lowest BCUT2D eigenvalue weighted by Crippen LogP contribution is -2.38. The van der Waals surface area contributed by atoms with Gasteiger partial charge in [-0.25, -0.2) is 9.18 Å². The molecule has 1 aliphatic heterocycles. The maximum atomic E-state index is 13.4. The first kappa shape index (κ1) is 16.5. The van der Waals surface area contributed by atoms with Crippen LogP contribution in [0, 0.1) is 11.7 Å². The van der Waals surface area contributed by atoms with E-state index in [4.69, 9.17) is 4.74 Å². The van der Waals surface area contributed by atoms with Crippen LogP contribution in [-0.4, -0.2) is 44.2 Å². The van der Waals surface area contributed by atoms with Crippen molar-refractivity contribution in [3.8, 4) is 5.75 Å². The van der Waals surface area contributed by atoms with Gasteiger partial charge in [0.15, 0.2) is 0 Å². The van der Waals surface area contributed by atoms with Gasteiger partial charge in [-0.2, -0.15) is 0 Å². The highest BCUT2D eigenvalue weighted by Crippen LogP contribution is 2.24. The topological polar surface area (TPSA) is 53.6 Å². The second kappa shape index (κ2) is 7.98. The molecule has 2 amide bonds. The second-order valence-corrected chi connectivity index (χ2v) is 5.59. The molecular formula is C16H24FN3O2. The van der Waals surface area contributed by atoms with Crippen LogP contribution in [0.2, 0.25) is 0 Å². The zero-order chi connectivity index (χ0) is 15.9. The number of nitrogens with zero attached hydrogens (tertiary/aromatic N) is 1. The van der Waals surface area contributed by atoms with Crippen LogP contribution in [0.3, 0.4) is 0 Å². The number of urea groups is 1. The van der Waals surface area contributed by atoms with Crippen molar-refractivity contribution in [3.63, 3.8) is 0 Å². The molecule has 5 nitrogen and oxygen atoms in total. The number of nitrogens with one attached hydrogen (secondary N) is 2. The van der Waals surface area contributed by atoms with Gasteiger partial charge < -0.3 is 15.4 Å². The Morgan fingerprint density at radius 3 is 3.00 bits per heavy atom. The molecule has 0 aliphatic carbocycles. The lowest BCUT2D eigenvalue weighted by atomic mass is 10.1. The Labute approximate surface area is 130 Å². The fourth-order valence-electron chi connectivity index (χ4n) is 2.79. The summed E-state index contributed by atoms with van der Waals surface area (Å²) in [6, 6.07) is 4.48. The molecule has 0 radical (unpaired) electrons. The van der Waals surface area contributed by atoms with Crippen molar-refractivity contribution in [1.82, 2.24) is 15.5 Å². The SMILES string of the molecule is CCNC(=O)NC[C@H]1CCN(Cc2cc(F)ccc2OC)C1. The van der Waals surface area contributed by atoms with E-state index in [-0.39, 0.29) is 11.8 Å². The van der Waals surface area contributed by atoms with Gasteiger partial charge in [0.05, 0.1) is 7.11 Å². The van der Waals surface area contributed by atoms with Crippen molar-refractivity contribution >= 4 is 6.03 Å². The number of methoxy groups -OCH3 is 1. The maximum absolute atomic E-state index is 13.4. The predicted molar refractivity (Wildman–Crippen MR) is 83.4 cm³/mol. The van der Waals surface area contributed by atoms with Crippen LogP contribution in [-0.2, 0) is 6.54 Å². The highest BCUT2D eigenvalue weighted by atomic mass is 19.1. The molecule has 0 bridgehead atoms. The first-order chi connectivity index (χ1) is 10.6. The maximum Gasteiger partial charge on any atom is 0.314 e. The highest BCUT2D eigenvalue weighted by Gasteiger charge is 2.23. The summed E-state index contributed by atoms with van der Waals surface area (Å²) in [5.41, 5.74) is 0.861. The molecule has 2 rings (SSSR count). The zero-order valence-corrected chi connectivity index (χ0v) is 13.2. The third-order valence-corrected chi connectivity index (χ3v) is 3.90. The number of hydrogen-bond donors (Lipinski definition) is 2. The van der Waals surface area contributed by atoms with Crippen molar-refractivity contribution in [2.24, 2.45) is 5.92 Å². The van der Waals surface area contributed by atoms with E-state index in [1.807, 2.05) is 6.92 Å². The quantitative estimate of drug-likeness (QED) is 0.845. The van der Waals surface area contributed by atoms with E-state index in [2.05, 4.69) is 15.5 Å². The summed E-state index contributed by atoms with van der Waals surface area (Å²) in [5, 5.41) is 5.60. The summed E-state index contributed by atoms with van der Waals surface area (Å²) < 4.78 is 18.7. The van der Waals surface area contributed by atoms with Crippen LogP contribution < -0.4 is 15.4 Å². The number of rotatable bonds is 6. The highest BCUT2D eigenvalue weighted by molar-refractivity contribution is 5.73. The van der Waals surface area contributed by atoms with Crippen molar-refractivity contribution in [2.45, 2.75) is 19.9 Å². The van der Waals surface area contributed by atoms with Gasteiger partial charge in [0.1, 0.15) is 11.6 Å². The van der Waals surface area contributed by atoms with Crippen molar-refractivity contribution < 1.29 is 13.9 Å². The van der Waals surface area contributed by atoms with E-state index >= 15 is 0 Å². The van der Waals surface area contributed by atoms with E-state index < -0.39 is 0 Å². The summed E-state index contributed by atoms with van der Waals surface area (Å²) in [5.74, 6) is 0.900. The Balaban J connectivity index is 1.83. The van der Waals surface area contributed by atoms with Gasteiger partial charge in [0.25, 0.3) is 0 Å². The molecule has 122 valence electrons. The molecule has 6 heteroatoms. The molecule has 1 aliphatic rings. The van der Waals surface area contributed by atoms with Gasteiger partial charge in [-0.3, -0.25) is 4.90 Å². The predicted octanol–water partition coefficient (Wildman–Crippen LogP) is 1.98. The smallest absolute Gasteiger partial charge is 0.314 e. The van der Waals surface area contributed by atoms with Crippen LogP contribution >= 0.6 is 0 Å². The fraction of sp³-hybridized carbons (Fsp3) is 0.562. The summed E-state index contributed by atoms with van der Waals surface area (Å²) in [6.07, 6.45) is 1.03. The minimum Gasteiger partial charge on any atom is -0.496 e. The first-order valence-electron chi connectivity index (χ1n) is 7.68. The van der Waals surface area contributed by atoms with Crippen LogP contribution in [0.5, 0.6) is 5.75 Å². The van der Waals surface area contributed by atoms with Gasteiger partial charge in [-0.05, 0) is 44.0 Å². The summed E-state index contributed by atoms with van der Waals surface area (Å²) in [7, 11) is 1.60. The number of ether oxygens (including phenoxy) is 1. The molecule has 0 saturated carbocycles. The molecule has 0 aromatic heterocycles. The average molecular weight is 309 g/mol. The van der Waals surface area contributed by atoms with E-state index in [9.17, 15) is 9.18 Å². The molecule has 1 atom stereocenters. The molecule has 1 saturated heterocycles. The lowest BCUT2D eigenvalue weighted by molar-refractivity contribution is 0.239. The van der Waals surface area contributed by atoms with E-state index in [0.29, 0.717) is 31.3 Å². The number of likely N-dealkylation sites (tertiary alicyclic amines) is 1. The molecule has 0 unspecified atom stereocenters. The number of hydrogen-bond acceptors (Lipinski definition) is 3. The molecule has 0 spiro atoms. The normalized spacial score (nSPS) is 18.2. The van der Waals surface area contributed by atoms with Crippen molar-refractivity contribution in [3.05, 3.63) is 29.6 Å². The monoisotopic (exact) mass is 309 g/mol.